The first-order valence-electron chi connectivity index (χ1n) is 6.61. The highest BCUT2D eigenvalue weighted by molar-refractivity contribution is 5.70. The Hall–Kier alpha value is -1.35. The van der Waals surface area contributed by atoms with Crippen LogP contribution in [0.2, 0.25) is 0 Å². The van der Waals surface area contributed by atoms with Gasteiger partial charge in [-0.1, -0.05) is 37.1 Å². The van der Waals surface area contributed by atoms with Crippen LogP contribution < -0.4 is 0 Å². The molecule has 98 valence electrons. The van der Waals surface area contributed by atoms with Crippen LogP contribution in [0.15, 0.2) is 24.3 Å². The Morgan fingerprint density at radius 2 is 1.78 bits per heavy atom. The molecule has 0 aromatic heterocycles. The molecule has 1 fully saturated rings. The van der Waals surface area contributed by atoms with Gasteiger partial charge in [0.2, 0.25) is 0 Å². The monoisotopic (exact) mass is 248 g/mol. The number of benzene rings is 1. The standard InChI is InChI=1S/C15H20O3/c16-15(17)9-12-5-7-14(8-6-12)11-18-10-13-3-1-2-4-13/h5-8,13H,1-4,9-11H2,(H,16,17). The lowest BCUT2D eigenvalue weighted by Crippen LogP contribution is -2.05. The maximum Gasteiger partial charge on any atom is 0.307 e. The minimum Gasteiger partial charge on any atom is -0.481 e. The van der Waals surface area contributed by atoms with Gasteiger partial charge in [0.15, 0.2) is 0 Å². The van der Waals surface area contributed by atoms with Crippen molar-refractivity contribution in [2.45, 2.75) is 38.7 Å². The molecule has 0 aliphatic heterocycles. The van der Waals surface area contributed by atoms with Gasteiger partial charge in [-0.3, -0.25) is 4.79 Å². The lowest BCUT2D eigenvalue weighted by atomic mass is 10.1. The quantitative estimate of drug-likeness (QED) is 0.841. The highest BCUT2D eigenvalue weighted by atomic mass is 16.5. The smallest absolute Gasteiger partial charge is 0.307 e. The first-order chi connectivity index (χ1) is 8.74. The van der Waals surface area contributed by atoms with Crippen LogP contribution in [0.25, 0.3) is 0 Å². The summed E-state index contributed by atoms with van der Waals surface area (Å²) in [5.41, 5.74) is 1.95. The van der Waals surface area contributed by atoms with Gasteiger partial charge in [-0.05, 0) is 29.9 Å². The first-order valence-corrected chi connectivity index (χ1v) is 6.61. The molecule has 3 heteroatoms. The second-order valence-electron chi connectivity index (χ2n) is 5.05. The van der Waals surface area contributed by atoms with Crippen molar-refractivity contribution in [2.75, 3.05) is 6.61 Å². The van der Waals surface area contributed by atoms with Crippen molar-refractivity contribution < 1.29 is 14.6 Å². The Morgan fingerprint density at radius 3 is 2.39 bits per heavy atom. The zero-order chi connectivity index (χ0) is 12.8. The van der Waals surface area contributed by atoms with Gasteiger partial charge in [0.1, 0.15) is 0 Å². The lowest BCUT2D eigenvalue weighted by molar-refractivity contribution is -0.136. The first kappa shape index (κ1) is 13.1. The van der Waals surface area contributed by atoms with Crippen LogP contribution >= 0.6 is 0 Å². The van der Waals surface area contributed by atoms with E-state index in [-0.39, 0.29) is 6.42 Å². The molecule has 0 unspecified atom stereocenters. The van der Waals surface area contributed by atoms with Gasteiger partial charge >= 0.3 is 5.97 Å². The van der Waals surface area contributed by atoms with Crippen molar-refractivity contribution in [3.05, 3.63) is 35.4 Å². The van der Waals surface area contributed by atoms with Crippen LogP contribution in [-0.2, 0) is 22.6 Å². The van der Waals surface area contributed by atoms with Gasteiger partial charge in [-0.15, -0.1) is 0 Å². The number of aliphatic carboxylic acids is 1. The molecule has 1 aliphatic rings. The molecule has 0 saturated heterocycles. The van der Waals surface area contributed by atoms with Crippen molar-refractivity contribution in [2.24, 2.45) is 5.92 Å². The zero-order valence-electron chi connectivity index (χ0n) is 10.6. The summed E-state index contributed by atoms with van der Waals surface area (Å²) in [6.45, 7) is 1.49. The van der Waals surface area contributed by atoms with Crippen LogP contribution in [0.1, 0.15) is 36.8 Å². The molecule has 0 heterocycles. The molecule has 0 bridgehead atoms. The minimum absolute atomic E-state index is 0.0865. The Morgan fingerprint density at radius 1 is 1.17 bits per heavy atom. The summed E-state index contributed by atoms with van der Waals surface area (Å²) in [4.78, 5) is 10.5. The Labute approximate surface area is 108 Å². The number of ether oxygens (including phenoxy) is 1. The molecule has 3 nitrogen and oxygen atoms in total. The molecule has 0 atom stereocenters. The summed E-state index contributed by atoms with van der Waals surface area (Å²) < 4.78 is 5.71. The molecular weight excluding hydrogens is 228 g/mol. The van der Waals surface area contributed by atoms with Crippen LogP contribution in [-0.4, -0.2) is 17.7 Å². The second-order valence-corrected chi connectivity index (χ2v) is 5.05. The predicted octanol–water partition coefficient (Wildman–Crippen LogP) is 3.02. The summed E-state index contributed by atoms with van der Waals surface area (Å²) in [5.74, 6) is -0.0449. The number of carbonyl (C=O) groups is 1. The van der Waals surface area contributed by atoms with Crippen molar-refractivity contribution in [1.29, 1.82) is 0 Å². The summed E-state index contributed by atoms with van der Waals surface area (Å²) in [6, 6.07) is 7.63. The molecule has 0 spiro atoms. The van der Waals surface area contributed by atoms with Gasteiger partial charge in [0.05, 0.1) is 13.0 Å². The highest BCUT2D eigenvalue weighted by Crippen LogP contribution is 2.24. The third kappa shape index (κ3) is 4.15. The van der Waals surface area contributed by atoms with E-state index in [1.54, 1.807) is 0 Å². The third-order valence-corrected chi connectivity index (χ3v) is 3.48. The lowest BCUT2D eigenvalue weighted by Gasteiger charge is -2.10. The summed E-state index contributed by atoms with van der Waals surface area (Å²) >= 11 is 0. The summed E-state index contributed by atoms with van der Waals surface area (Å²) in [5, 5.41) is 8.67. The van der Waals surface area contributed by atoms with E-state index >= 15 is 0 Å². The van der Waals surface area contributed by atoms with Crippen molar-refractivity contribution in [1.82, 2.24) is 0 Å². The highest BCUT2D eigenvalue weighted by Gasteiger charge is 2.14. The normalized spacial score (nSPS) is 16.0. The predicted molar refractivity (Wildman–Crippen MR) is 69.4 cm³/mol. The fourth-order valence-corrected chi connectivity index (χ4v) is 2.45. The third-order valence-electron chi connectivity index (χ3n) is 3.48. The summed E-state index contributed by atoms with van der Waals surface area (Å²) in [6.07, 6.45) is 5.38. The molecule has 1 saturated carbocycles. The van der Waals surface area contributed by atoms with E-state index in [0.717, 1.165) is 23.7 Å². The Balaban J connectivity index is 1.73. The fraction of sp³-hybridized carbons (Fsp3) is 0.533. The number of carboxylic acid groups (broad SMARTS) is 1. The number of hydrogen-bond acceptors (Lipinski definition) is 2. The molecule has 1 aromatic rings. The van der Waals surface area contributed by atoms with Crippen molar-refractivity contribution in [3.8, 4) is 0 Å². The van der Waals surface area contributed by atoms with E-state index in [2.05, 4.69) is 0 Å². The number of rotatable bonds is 6. The van der Waals surface area contributed by atoms with E-state index in [4.69, 9.17) is 9.84 Å². The topological polar surface area (TPSA) is 46.5 Å². The molecule has 1 aliphatic carbocycles. The Bertz CT molecular complexity index is 377. The van der Waals surface area contributed by atoms with Crippen LogP contribution in [0, 0.1) is 5.92 Å². The number of carboxylic acids is 1. The number of hydrogen-bond donors (Lipinski definition) is 1. The van der Waals surface area contributed by atoms with E-state index in [1.165, 1.54) is 25.7 Å². The molecule has 0 amide bonds. The van der Waals surface area contributed by atoms with E-state index in [9.17, 15) is 4.79 Å². The van der Waals surface area contributed by atoms with Crippen LogP contribution in [0.4, 0.5) is 0 Å². The van der Waals surface area contributed by atoms with Gasteiger partial charge in [-0.25, -0.2) is 0 Å². The maximum atomic E-state index is 10.5. The van der Waals surface area contributed by atoms with Gasteiger partial charge in [0, 0.05) is 6.61 Å². The molecule has 0 radical (unpaired) electrons. The largest absolute Gasteiger partial charge is 0.481 e. The molecule has 1 aromatic carbocycles. The SMILES string of the molecule is O=C(O)Cc1ccc(COCC2CCCC2)cc1. The zero-order valence-corrected chi connectivity index (χ0v) is 10.6. The maximum absolute atomic E-state index is 10.5. The Kier molecular flexibility index (Phi) is 4.76. The van der Waals surface area contributed by atoms with Gasteiger partial charge < -0.3 is 9.84 Å². The molecule has 1 N–H and O–H groups in total. The fourth-order valence-electron chi connectivity index (χ4n) is 2.45. The van der Waals surface area contributed by atoms with E-state index in [1.807, 2.05) is 24.3 Å². The van der Waals surface area contributed by atoms with Gasteiger partial charge in [0.25, 0.3) is 0 Å². The van der Waals surface area contributed by atoms with Crippen LogP contribution in [0.3, 0.4) is 0 Å². The second kappa shape index (κ2) is 6.55. The molecule has 18 heavy (non-hydrogen) atoms. The van der Waals surface area contributed by atoms with E-state index in [0.29, 0.717) is 6.61 Å². The average molecular weight is 248 g/mol. The summed E-state index contributed by atoms with van der Waals surface area (Å²) in [7, 11) is 0. The van der Waals surface area contributed by atoms with Crippen molar-refractivity contribution >= 4 is 5.97 Å². The molecular formula is C15H20O3. The van der Waals surface area contributed by atoms with Crippen LogP contribution in [0.5, 0.6) is 0 Å². The minimum atomic E-state index is -0.791. The average Bonchev–Trinajstić information content (AvgIpc) is 2.84. The van der Waals surface area contributed by atoms with Crippen molar-refractivity contribution in [3.63, 3.8) is 0 Å². The van der Waals surface area contributed by atoms with Gasteiger partial charge in [-0.2, -0.15) is 0 Å². The molecule has 2 rings (SSSR count). The van der Waals surface area contributed by atoms with E-state index < -0.39 is 5.97 Å².